The number of phenols is 2. The summed E-state index contributed by atoms with van der Waals surface area (Å²) in [6, 6.07) is 37.3. The molecule has 0 aliphatic heterocycles. The molecule has 0 aromatic heterocycles. The van der Waals surface area contributed by atoms with E-state index in [1.165, 1.54) is 55.6 Å². The zero-order valence-electron chi connectivity index (χ0n) is 38.5. The molecular formula is C56H70N4O2. The lowest BCUT2D eigenvalue weighted by Crippen LogP contribution is -2.11. The highest BCUT2D eigenvalue weighted by molar-refractivity contribution is 6.04. The Bertz CT molecular complexity index is 2400. The monoisotopic (exact) mass is 831 g/mol. The maximum atomic E-state index is 10.4. The molecule has 326 valence electrons. The highest BCUT2D eigenvalue weighted by Crippen LogP contribution is 2.34. The molecule has 6 heteroatoms. The molecule has 6 aromatic rings. The van der Waals surface area contributed by atoms with E-state index in [0.29, 0.717) is 5.75 Å². The molecule has 6 nitrogen and oxygen atoms in total. The Morgan fingerprint density at radius 1 is 0.532 bits per heavy atom. The number of nitrogens with zero attached hydrogens (tertiary/aromatic N) is 1. The molecule has 0 radical (unpaired) electrons. The number of aryl methyl sites for hydroxylation is 6. The second-order valence-corrected chi connectivity index (χ2v) is 16.2. The van der Waals surface area contributed by atoms with Crippen LogP contribution in [0.3, 0.4) is 0 Å². The lowest BCUT2D eigenvalue weighted by atomic mass is 9.92. The minimum absolute atomic E-state index is 0.0801. The van der Waals surface area contributed by atoms with Crippen LogP contribution in [0.25, 0.3) is 0 Å². The van der Waals surface area contributed by atoms with Crippen LogP contribution in [0.2, 0.25) is 0 Å². The van der Waals surface area contributed by atoms with Gasteiger partial charge in [-0.2, -0.15) is 0 Å². The predicted molar refractivity (Wildman–Crippen MR) is 266 cm³/mol. The van der Waals surface area contributed by atoms with Gasteiger partial charge in [-0.1, -0.05) is 134 Å². The van der Waals surface area contributed by atoms with E-state index in [-0.39, 0.29) is 11.8 Å². The second-order valence-electron chi connectivity index (χ2n) is 16.2. The van der Waals surface area contributed by atoms with Gasteiger partial charge in [-0.25, -0.2) is 0 Å². The number of hydrogen-bond donors (Lipinski definition) is 5. The van der Waals surface area contributed by atoms with Crippen molar-refractivity contribution in [2.24, 2.45) is 4.99 Å². The van der Waals surface area contributed by atoms with Crippen molar-refractivity contribution in [2.75, 3.05) is 16.8 Å². The third-order valence-electron chi connectivity index (χ3n) is 12.1. The Labute approximate surface area is 372 Å². The lowest BCUT2D eigenvalue weighted by molar-refractivity contribution is 0.462. The molecule has 0 saturated heterocycles. The van der Waals surface area contributed by atoms with Crippen molar-refractivity contribution in [1.29, 1.82) is 0 Å². The minimum Gasteiger partial charge on any atom is -0.508 e. The standard InChI is InChI=1S/C30H38N2O.C26H32N2O/c1-6-22-16-20(17-23(7-2)29(22)31)15-21-18-24(8-3)30(25(9-4)19-21)32-27(10-5)26-13-11-12-14-28(26)33;1-4-20-16-18(11-13-23(20)27)15-19-12-14-25(21(5-2)17-19)28-24(6-3)22-9-7-8-10-26(22)29/h11-14,16-19,33H,6-10,15,31H2,1-5H3;7-14,16-17,24,28-29H,4-6,15,27H2,1-3H3. The minimum atomic E-state index is 0.0801. The summed E-state index contributed by atoms with van der Waals surface area (Å²) in [7, 11) is 0. The highest BCUT2D eigenvalue weighted by atomic mass is 16.3. The molecule has 6 aromatic carbocycles. The Kier molecular flexibility index (Phi) is 17.2. The Balaban J connectivity index is 0.000000236. The van der Waals surface area contributed by atoms with Crippen molar-refractivity contribution < 1.29 is 10.2 Å². The molecule has 1 atom stereocenters. The summed E-state index contributed by atoms with van der Waals surface area (Å²) < 4.78 is 0. The van der Waals surface area contributed by atoms with E-state index in [9.17, 15) is 10.2 Å². The van der Waals surface area contributed by atoms with Crippen molar-refractivity contribution in [1.82, 2.24) is 0 Å². The zero-order chi connectivity index (χ0) is 44.8. The summed E-state index contributed by atoms with van der Waals surface area (Å²) in [5.41, 5.74) is 31.8. The van der Waals surface area contributed by atoms with Crippen molar-refractivity contribution in [3.05, 3.63) is 176 Å². The summed E-state index contributed by atoms with van der Waals surface area (Å²) in [5.74, 6) is 0.629. The maximum absolute atomic E-state index is 10.4. The van der Waals surface area contributed by atoms with Gasteiger partial charge in [0.15, 0.2) is 0 Å². The van der Waals surface area contributed by atoms with E-state index in [1.807, 2.05) is 42.5 Å². The molecule has 1 unspecified atom stereocenters. The Hall–Kier alpha value is -6.01. The van der Waals surface area contributed by atoms with Gasteiger partial charge in [-0.15, -0.1) is 0 Å². The highest BCUT2D eigenvalue weighted by Gasteiger charge is 2.16. The maximum Gasteiger partial charge on any atom is 0.124 e. The molecule has 0 aliphatic rings. The lowest BCUT2D eigenvalue weighted by Gasteiger charge is -2.22. The molecule has 0 bridgehead atoms. The van der Waals surface area contributed by atoms with E-state index in [1.54, 1.807) is 12.1 Å². The number of hydrogen-bond acceptors (Lipinski definition) is 6. The first-order valence-corrected chi connectivity index (χ1v) is 22.9. The van der Waals surface area contributed by atoms with Gasteiger partial charge >= 0.3 is 0 Å². The molecule has 0 aliphatic carbocycles. The summed E-state index contributed by atoms with van der Waals surface area (Å²) in [6.07, 6.45) is 9.09. The molecule has 62 heavy (non-hydrogen) atoms. The summed E-state index contributed by atoms with van der Waals surface area (Å²) in [4.78, 5) is 5.10. The van der Waals surface area contributed by atoms with Gasteiger partial charge in [0.25, 0.3) is 0 Å². The largest absolute Gasteiger partial charge is 0.508 e. The van der Waals surface area contributed by atoms with Crippen LogP contribution in [-0.2, 0) is 51.4 Å². The Morgan fingerprint density at radius 2 is 1.02 bits per heavy atom. The molecule has 0 fully saturated rings. The van der Waals surface area contributed by atoms with Crippen molar-refractivity contribution in [3.8, 4) is 11.5 Å². The Morgan fingerprint density at radius 3 is 1.55 bits per heavy atom. The van der Waals surface area contributed by atoms with Crippen molar-refractivity contribution in [3.63, 3.8) is 0 Å². The topological polar surface area (TPSA) is 117 Å². The number of nitrogen functional groups attached to an aromatic ring is 2. The molecule has 6 rings (SSSR count). The average Bonchev–Trinajstić information content (AvgIpc) is 3.29. The van der Waals surface area contributed by atoms with Crippen LogP contribution in [-0.4, -0.2) is 15.9 Å². The van der Waals surface area contributed by atoms with Crippen LogP contribution in [0.1, 0.15) is 141 Å². The third kappa shape index (κ3) is 11.7. The summed E-state index contributed by atoms with van der Waals surface area (Å²) in [5, 5.41) is 24.3. The fraction of sp³-hybridized carbons (Fsp3) is 0.339. The van der Waals surface area contributed by atoms with Gasteiger partial charge in [-0.05, 0) is 150 Å². The summed E-state index contributed by atoms with van der Waals surface area (Å²) in [6.45, 7) is 17.3. The number of anilines is 3. The van der Waals surface area contributed by atoms with Crippen LogP contribution in [0.4, 0.5) is 22.7 Å². The van der Waals surface area contributed by atoms with Gasteiger partial charge in [0, 0.05) is 28.2 Å². The molecule has 0 spiro atoms. The van der Waals surface area contributed by atoms with Gasteiger partial charge in [-0.3, -0.25) is 4.99 Å². The SMILES string of the molecule is CCC(=Nc1c(CC)cc(Cc2cc(CC)c(N)c(CC)c2)cc1CC)c1ccccc1O.CCc1cc(Cc2ccc(NC(CC)c3ccccc3O)c(CC)c2)ccc1N. The van der Waals surface area contributed by atoms with Gasteiger partial charge in [0.05, 0.1) is 17.4 Å². The van der Waals surface area contributed by atoms with Gasteiger partial charge in [0.1, 0.15) is 11.5 Å². The van der Waals surface area contributed by atoms with E-state index < -0.39 is 0 Å². The van der Waals surface area contributed by atoms with Crippen LogP contribution in [0.5, 0.6) is 11.5 Å². The van der Waals surface area contributed by atoms with E-state index in [2.05, 4.69) is 115 Å². The van der Waals surface area contributed by atoms with E-state index >= 15 is 0 Å². The fourth-order valence-electron chi connectivity index (χ4n) is 8.44. The summed E-state index contributed by atoms with van der Waals surface area (Å²) >= 11 is 0. The number of benzene rings is 6. The van der Waals surface area contributed by atoms with Crippen LogP contribution >= 0.6 is 0 Å². The number of aliphatic imine (C=N–C) groups is 1. The fourth-order valence-corrected chi connectivity index (χ4v) is 8.44. The van der Waals surface area contributed by atoms with Crippen LogP contribution < -0.4 is 16.8 Å². The van der Waals surface area contributed by atoms with E-state index in [0.717, 1.165) is 104 Å². The quantitative estimate of drug-likeness (QED) is 0.0464. The van der Waals surface area contributed by atoms with Crippen LogP contribution in [0, 0.1) is 0 Å². The zero-order valence-corrected chi connectivity index (χ0v) is 38.5. The van der Waals surface area contributed by atoms with E-state index in [4.69, 9.17) is 16.5 Å². The first-order chi connectivity index (χ1) is 30.0. The number of rotatable bonds is 17. The smallest absolute Gasteiger partial charge is 0.124 e. The van der Waals surface area contributed by atoms with Gasteiger partial charge in [0.2, 0.25) is 0 Å². The number of aromatic hydroxyl groups is 2. The number of nitrogens with one attached hydrogen (secondary N) is 1. The second kappa shape index (κ2) is 22.7. The molecule has 0 amide bonds. The predicted octanol–water partition coefficient (Wildman–Crippen LogP) is 13.6. The molecule has 0 heterocycles. The van der Waals surface area contributed by atoms with Crippen molar-refractivity contribution >= 4 is 28.5 Å². The normalized spacial score (nSPS) is 11.8. The average molecular weight is 831 g/mol. The molecule has 0 saturated carbocycles. The molecular weight excluding hydrogens is 761 g/mol. The number of phenolic OH excluding ortho intramolecular Hbond substituents is 2. The first-order valence-electron chi connectivity index (χ1n) is 22.9. The molecule has 7 N–H and O–H groups in total. The number of nitrogens with two attached hydrogens (primary N) is 2. The van der Waals surface area contributed by atoms with Crippen LogP contribution in [0.15, 0.2) is 114 Å². The number of para-hydroxylation sites is 2. The van der Waals surface area contributed by atoms with Crippen molar-refractivity contribution in [2.45, 2.75) is 126 Å². The van der Waals surface area contributed by atoms with Gasteiger partial charge < -0.3 is 27.0 Å². The first kappa shape index (κ1) is 47.0. The third-order valence-corrected chi connectivity index (χ3v) is 12.1.